The minimum atomic E-state index is 0.260. The van der Waals surface area contributed by atoms with Crippen molar-refractivity contribution in [3.8, 4) is 11.3 Å². The number of benzene rings is 1. The summed E-state index contributed by atoms with van der Waals surface area (Å²) in [4.78, 5) is 8.68. The number of aromatic nitrogens is 4. The fourth-order valence-electron chi connectivity index (χ4n) is 2.68. The molecule has 0 bridgehead atoms. The largest absolute Gasteiger partial charge is 0.379 e. The van der Waals surface area contributed by atoms with E-state index in [2.05, 4.69) is 25.5 Å². The van der Waals surface area contributed by atoms with Crippen molar-refractivity contribution in [2.24, 2.45) is 0 Å². The zero-order chi connectivity index (χ0) is 14.9. The van der Waals surface area contributed by atoms with E-state index in [-0.39, 0.29) is 12.0 Å². The Balaban J connectivity index is 1.77. The Kier molecular flexibility index (Phi) is 3.12. The van der Waals surface area contributed by atoms with Crippen LogP contribution in [0.4, 0.5) is 11.8 Å². The first kappa shape index (κ1) is 13.0. The van der Waals surface area contributed by atoms with Gasteiger partial charge in [0.15, 0.2) is 0 Å². The van der Waals surface area contributed by atoms with Crippen molar-refractivity contribution in [2.75, 3.05) is 24.3 Å². The lowest BCUT2D eigenvalue weighted by Gasteiger charge is -2.14. The molecule has 1 aliphatic heterocycles. The van der Waals surface area contributed by atoms with Crippen LogP contribution in [0.5, 0.6) is 0 Å². The van der Waals surface area contributed by atoms with Crippen LogP contribution in [-0.2, 0) is 4.74 Å². The van der Waals surface area contributed by atoms with Gasteiger partial charge in [-0.3, -0.25) is 5.10 Å². The minimum absolute atomic E-state index is 0.260. The highest BCUT2D eigenvalue weighted by Crippen LogP contribution is 2.27. The smallest absolute Gasteiger partial charge is 0.222 e. The molecule has 0 saturated carbocycles. The van der Waals surface area contributed by atoms with Crippen LogP contribution in [0.25, 0.3) is 22.2 Å². The third kappa shape index (κ3) is 2.35. The van der Waals surface area contributed by atoms with E-state index in [4.69, 9.17) is 10.5 Å². The second kappa shape index (κ2) is 5.27. The van der Waals surface area contributed by atoms with E-state index >= 15 is 0 Å². The number of H-pyrrole nitrogens is 1. The third-order valence-corrected chi connectivity index (χ3v) is 3.80. The maximum Gasteiger partial charge on any atom is 0.222 e. The number of anilines is 2. The molecule has 7 heteroatoms. The van der Waals surface area contributed by atoms with Crippen molar-refractivity contribution in [3.05, 3.63) is 30.5 Å². The van der Waals surface area contributed by atoms with E-state index in [1.807, 2.05) is 24.3 Å². The summed E-state index contributed by atoms with van der Waals surface area (Å²) in [6.07, 6.45) is 2.69. The first-order valence-corrected chi connectivity index (χ1v) is 7.21. The van der Waals surface area contributed by atoms with Crippen LogP contribution in [0.2, 0.25) is 0 Å². The lowest BCUT2D eigenvalue weighted by Crippen LogP contribution is -2.20. The van der Waals surface area contributed by atoms with Crippen molar-refractivity contribution < 1.29 is 4.74 Å². The summed E-state index contributed by atoms with van der Waals surface area (Å²) in [6.45, 7) is 1.47. The summed E-state index contributed by atoms with van der Waals surface area (Å²) < 4.78 is 5.39. The number of nitrogens with one attached hydrogen (secondary N) is 2. The average Bonchev–Trinajstić information content (AvgIpc) is 3.20. The van der Waals surface area contributed by atoms with E-state index in [1.165, 1.54) is 0 Å². The Morgan fingerprint density at radius 3 is 3.00 bits per heavy atom. The van der Waals surface area contributed by atoms with Crippen molar-refractivity contribution in [3.63, 3.8) is 0 Å². The predicted octanol–water partition coefficient (Wildman–Crippen LogP) is 1.80. The highest BCUT2D eigenvalue weighted by atomic mass is 16.5. The Hall–Kier alpha value is -2.67. The summed E-state index contributed by atoms with van der Waals surface area (Å²) in [5, 5.41) is 11.3. The number of nitrogens with two attached hydrogens (primary N) is 1. The Morgan fingerprint density at radius 2 is 2.23 bits per heavy atom. The number of nitrogen functional groups attached to an aromatic ring is 1. The van der Waals surface area contributed by atoms with Gasteiger partial charge in [-0.05, 0) is 24.6 Å². The Morgan fingerprint density at radius 1 is 1.27 bits per heavy atom. The van der Waals surface area contributed by atoms with Crippen LogP contribution >= 0.6 is 0 Å². The monoisotopic (exact) mass is 296 g/mol. The van der Waals surface area contributed by atoms with Gasteiger partial charge in [-0.2, -0.15) is 10.1 Å². The number of nitrogens with zero attached hydrogens (tertiary/aromatic N) is 3. The maximum atomic E-state index is 5.85. The molecular formula is C15H16N6O. The molecule has 3 heterocycles. The van der Waals surface area contributed by atoms with E-state index in [0.717, 1.165) is 41.0 Å². The summed E-state index contributed by atoms with van der Waals surface area (Å²) >= 11 is 0. The summed E-state index contributed by atoms with van der Waals surface area (Å²) in [7, 11) is 0. The Labute approximate surface area is 126 Å². The van der Waals surface area contributed by atoms with Gasteiger partial charge in [-0.25, -0.2) is 4.98 Å². The highest BCUT2D eigenvalue weighted by Gasteiger charge is 2.17. The van der Waals surface area contributed by atoms with Gasteiger partial charge in [0, 0.05) is 23.8 Å². The molecule has 1 atom stereocenters. The van der Waals surface area contributed by atoms with E-state index in [0.29, 0.717) is 6.61 Å². The lowest BCUT2D eigenvalue weighted by atomic mass is 10.1. The van der Waals surface area contributed by atoms with Crippen LogP contribution < -0.4 is 11.1 Å². The Bertz CT molecular complexity index is 795. The fraction of sp³-hybridized carbons (Fsp3) is 0.267. The molecule has 0 unspecified atom stereocenters. The van der Waals surface area contributed by atoms with Crippen molar-refractivity contribution in [1.82, 2.24) is 20.2 Å². The molecule has 22 heavy (non-hydrogen) atoms. The number of hydrogen-bond donors (Lipinski definition) is 3. The van der Waals surface area contributed by atoms with Crippen LogP contribution in [0, 0.1) is 0 Å². The molecular weight excluding hydrogens is 280 g/mol. The summed E-state index contributed by atoms with van der Waals surface area (Å²) in [5.41, 5.74) is 8.62. The van der Waals surface area contributed by atoms with Crippen LogP contribution in [-0.4, -0.2) is 39.4 Å². The van der Waals surface area contributed by atoms with Crippen molar-refractivity contribution in [2.45, 2.75) is 12.5 Å². The number of rotatable bonds is 3. The molecule has 4 rings (SSSR count). The van der Waals surface area contributed by atoms with Crippen LogP contribution in [0.3, 0.4) is 0 Å². The zero-order valence-corrected chi connectivity index (χ0v) is 11.9. The maximum absolute atomic E-state index is 5.85. The van der Waals surface area contributed by atoms with E-state index in [9.17, 15) is 0 Å². The number of hydrogen-bond acceptors (Lipinski definition) is 6. The molecule has 3 aromatic rings. The molecule has 1 fully saturated rings. The second-order valence-electron chi connectivity index (χ2n) is 5.34. The molecule has 4 N–H and O–H groups in total. The minimum Gasteiger partial charge on any atom is -0.379 e. The number of fused-ring (bicyclic) bond motifs is 1. The predicted molar refractivity (Wildman–Crippen MR) is 84.4 cm³/mol. The van der Waals surface area contributed by atoms with Crippen molar-refractivity contribution >= 4 is 22.7 Å². The SMILES string of the molecule is Nc1nc(N[C@H]2CCOC2)c2ccc(-c3ccn[nH]3)cc2n1. The van der Waals surface area contributed by atoms with Gasteiger partial charge in [-0.1, -0.05) is 6.07 Å². The van der Waals surface area contributed by atoms with Crippen molar-refractivity contribution in [1.29, 1.82) is 0 Å². The van der Waals surface area contributed by atoms with Crippen LogP contribution in [0.1, 0.15) is 6.42 Å². The van der Waals surface area contributed by atoms with Gasteiger partial charge in [0.2, 0.25) is 5.95 Å². The van der Waals surface area contributed by atoms with Gasteiger partial charge in [0.25, 0.3) is 0 Å². The highest BCUT2D eigenvalue weighted by molar-refractivity contribution is 5.92. The van der Waals surface area contributed by atoms with Gasteiger partial charge >= 0.3 is 0 Å². The molecule has 0 amide bonds. The number of aromatic amines is 1. The lowest BCUT2D eigenvalue weighted by molar-refractivity contribution is 0.195. The van der Waals surface area contributed by atoms with E-state index in [1.54, 1.807) is 6.20 Å². The van der Waals surface area contributed by atoms with Gasteiger partial charge in [0.1, 0.15) is 5.82 Å². The first-order valence-electron chi connectivity index (χ1n) is 7.21. The standard InChI is InChI=1S/C15H16N6O/c16-15-19-13-7-9(12-3-5-17-21-12)1-2-11(13)14(20-15)18-10-4-6-22-8-10/h1-3,5,7,10H,4,6,8H2,(H,17,21)(H3,16,18,19,20)/t10-/m0/s1. The second-order valence-corrected chi connectivity index (χ2v) is 5.34. The molecule has 2 aromatic heterocycles. The average molecular weight is 296 g/mol. The van der Waals surface area contributed by atoms with Crippen LogP contribution in [0.15, 0.2) is 30.5 Å². The molecule has 112 valence electrons. The quantitative estimate of drug-likeness (QED) is 0.681. The topological polar surface area (TPSA) is 102 Å². The normalized spacial score (nSPS) is 17.9. The fourth-order valence-corrected chi connectivity index (χ4v) is 2.68. The molecule has 1 saturated heterocycles. The summed E-state index contributed by atoms with van der Waals surface area (Å²) in [5.74, 6) is 1.02. The van der Waals surface area contributed by atoms with E-state index < -0.39 is 0 Å². The third-order valence-electron chi connectivity index (χ3n) is 3.80. The number of ether oxygens (including phenoxy) is 1. The summed E-state index contributed by atoms with van der Waals surface area (Å²) in [6, 6.07) is 8.19. The molecule has 7 nitrogen and oxygen atoms in total. The van der Waals surface area contributed by atoms with Gasteiger partial charge in [-0.15, -0.1) is 0 Å². The molecule has 0 spiro atoms. The molecule has 0 radical (unpaired) electrons. The molecule has 0 aliphatic carbocycles. The first-order chi connectivity index (χ1) is 10.8. The zero-order valence-electron chi connectivity index (χ0n) is 11.9. The van der Waals surface area contributed by atoms with Gasteiger partial charge in [0.05, 0.1) is 23.9 Å². The molecule has 1 aliphatic rings. The van der Waals surface area contributed by atoms with Gasteiger partial charge < -0.3 is 15.8 Å². The molecule has 1 aromatic carbocycles.